The van der Waals surface area contributed by atoms with Gasteiger partial charge in [0.25, 0.3) is 5.91 Å². The maximum atomic E-state index is 12.4. The van der Waals surface area contributed by atoms with E-state index in [0.717, 1.165) is 0 Å². The van der Waals surface area contributed by atoms with Crippen LogP contribution in [0.3, 0.4) is 0 Å². The van der Waals surface area contributed by atoms with E-state index in [9.17, 15) is 24.3 Å². The highest BCUT2D eigenvalue weighted by molar-refractivity contribution is 8.00. The molecule has 2 N–H and O–H groups in total. The van der Waals surface area contributed by atoms with Crippen LogP contribution in [0.25, 0.3) is 0 Å². The van der Waals surface area contributed by atoms with Crippen LogP contribution in [0.15, 0.2) is 30.3 Å². The number of hydrogen-bond donors (Lipinski definition) is 2. The quantitative estimate of drug-likeness (QED) is 0.561. The molecule has 9 heteroatoms. The smallest absolute Gasteiger partial charge is 0.315 e. The van der Waals surface area contributed by atoms with Crippen molar-refractivity contribution in [2.24, 2.45) is 5.41 Å². The molecule has 3 rings (SSSR count). The molecule has 2 unspecified atom stereocenters. The van der Waals surface area contributed by atoms with Gasteiger partial charge in [-0.05, 0) is 12.1 Å². The third kappa shape index (κ3) is 3.26. The highest BCUT2D eigenvalue weighted by atomic mass is 32.2. The Kier molecular flexibility index (Phi) is 4.90. The van der Waals surface area contributed by atoms with Gasteiger partial charge in [0.05, 0.1) is 0 Å². The first-order valence-corrected chi connectivity index (χ1v) is 9.04. The van der Waals surface area contributed by atoms with Crippen molar-refractivity contribution in [1.29, 1.82) is 0 Å². The number of aliphatic carboxylic acids is 1. The fourth-order valence-electron chi connectivity index (χ4n) is 2.96. The average molecular weight is 378 g/mol. The lowest BCUT2D eigenvalue weighted by molar-refractivity contribution is -0.163. The Bertz CT molecular complexity index is 755. The van der Waals surface area contributed by atoms with Crippen molar-refractivity contribution in [1.82, 2.24) is 10.2 Å². The van der Waals surface area contributed by atoms with Gasteiger partial charge >= 0.3 is 11.9 Å². The van der Waals surface area contributed by atoms with Crippen LogP contribution in [-0.4, -0.2) is 64.1 Å². The molecule has 1 aromatic rings. The number of carboxylic acids is 1. The molecule has 0 saturated carbocycles. The van der Waals surface area contributed by atoms with E-state index in [4.69, 9.17) is 4.74 Å². The van der Waals surface area contributed by atoms with Gasteiger partial charge in [0.15, 0.2) is 0 Å². The van der Waals surface area contributed by atoms with E-state index in [0.29, 0.717) is 5.56 Å². The average Bonchev–Trinajstić information content (AvgIpc) is 2.64. The zero-order valence-electron chi connectivity index (χ0n) is 14.0. The first kappa shape index (κ1) is 18.2. The number of β-lactam (4-membered cyclic amide) rings is 1. The first-order chi connectivity index (χ1) is 12.3. The van der Waals surface area contributed by atoms with E-state index in [2.05, 4.69) is 5.32 Å². The molecular formula is C17H18N2O6S. The summed E-state index contributed by atoms with van der Waals surface area (Å²) in [6, 6.07) is 7.87. The fourth-order valence-corrected chi connectivity index (χ4v) is 4.48. The van der Waals surface area contributed by atoms with Crippen LogP contribution < -0.4 is 5.32 Å². The minimum Gasteiger partial charge on any atom is -0.481 e. The Hall–Kier alpha value is -2.55. The van der Waals surface area contributed by atoms with Gasteiger partial charge in [-0.3, -0.25) is 19.2 Å². The molecule has 0 radical (unpaired) electrons. The van der Waals surface area contributed by atoms with Crippen LogP contribution in [-0.2, 0) is 19.1 Å². The molecule has 0 aromatic heterocycles. The minimum absolute atomic E-state index is 0.0518. The highest BCUT2D eigenvalue weighted by Crippen LogP contribution is 2.42. The van der Waals surface area contributed by atoms with Gasteiger partial charge in [-0.25, -0.2) is 0 Å². The second-order valence-electron chi connectivity index (χ2n) is 6.35. The largest absolute Gasteiger partial charge is 0.481 e. The summed E-state index contributed by atoms with van der Waals surface area (Å²) in [6.45, 7) is 0.865. The number of carboxylic acid groups (broad SMARTS) is 1. The third-order valence-electron chi connectivity index (χ3n) is 4.47. The summed E-state index contributed by atoms with van der Waals surface area (Å²) in [5, 5.41) is 11.9. The van der Waals surface area contributed by atoms with Crippen molar-refractivity contribution < 1.29 is 29.0 Å². The lowest BCUT2D eigenvalue weighted by atomic mass is 9.88. The number of nitrogens with zero attached hydrogens (tertiary/aromatic N) is 1. The monoisotopic (exact) mass is 378 g/mol. The molecular weight excluding hydrogens is 360 g/mol. The van der Waals surface area contributed by atoms with Crippen LogP contribution in [0.1, 0.15) is 17.3 Å². The molecule has 1 aromatic carbocycles. The molecule has 2 amide bonds. The number of hydrogen-bond acceptors (Lipinski definition) is 6. The zero-order chi connectivity index (χ0) is 18.9. The maximum absolute atomic E-state index is 12.4. The Balaban J connectivity index is 1.66. The predicted molar refractivity (Wildman–Crippen MR) is 92.4 cm³/mol. The SMILES string of the molecule is CC(=O)OCC1(C(=O)O)CS[C@@H]2C(NC(=O)c3ccccc3)C(=O)N2C1. The summed E-state index contributed by atoms with van der Waals surface area (Å²) in [5.74, 6) is -2.18. The summed E-state index contributed by atoms with van der Waals surface area (Å²) in [4.78, 5) is 48.8. The van der Waals surface area contributed by atoms with Gasteiger partial charge in [-0.1, -0.05) is 18.2 Å². The van der Waals surface area contributed by atoms with Crippen LogP contribution in [0.2, 0.25) is 0 Å². The summed E-state index contributed by atoms with van der Waals surface area (Å²) >= 11 is 1.27. The molecule has 2 fully saturated rings. The van der Waals surface area contributed by atoms with E-state index < -0.39 is 23.4 Å². The number of nitrogens with one attached hydrogen (secondary N) is 1. The number of benzene rings is 1. The van der Waals surface area contributed by atoms with Crippen molar-refractivity contribution in [2.75, 3.05) is 18.9 Å². The van der Waals surface area contributed by atoms with Crippen molar-refractivity contribution in [3.63, 3.8) is 0 Å². The standard InChI is InChI=1S/C17H18N2O6S/c1-10(20)25-8-17(16(23)24)7-19-14(22)12(15(19)26-9-17)18-13(21)11-5-3-2-4-6-11/h2-6,12,15H,7-9H2,1H3,(H,18,21)(H,23,24)/t12?,15-,17?/m1/s1. The highest BCUT2D eigenvalue weighted by Gasteiger charge is 2.57. The number of ether oxygens (including phenoxy) is 1. The van der Waals surface area contributed by atoms with Gasteiger partial charge in [0.2, 0.25) is 5.91 Å². The van der Waals surface area contributed by atoms with E-state index >= 15 is 0 Å². The van der Waals surface area contributed by atoms with Crippen LogP contribution in [0, 0.1) is 5.41 Å². The lowest BCUT2D eigenvalue weighted by Gasteiger charge is -2.53. The fraction of sp³-hybridized carbons (Fsp3) is 0.412. The van der Waals surface area contributed by atoms with Gasteiger partial charge in [0.1, 0.15) is 23.4 Å². The van der Waals surface area contributed by atoms with Gasteiger partial charge in [-0.15, -0.1) is 11.8 Å². The van der Waals surface area contributed by atoms with Gasteiger partial charge < -0.3 is 20.1 Å². The predicted octanol–water partition coefficient (Wildman–Crippen LogP) is 0.334. The van der Waals surface area contributed by atoms with E-state index in [1.165, 1.54) is 23.6 Å². The second kappa shape index (κ2) is 6.99. The van der Waals surface area contributed by atoms with E-state index in [-0.39, 0.29) is 36.1 Å². The molecule has 3 atom stereocenters. The van der Waals surface area contributed by atoms with Crippen LogP contribution in [0.4, 0.5) is 0 Å². The summed E-state index contributed by atoms with van der Waals surface area (Å²) in [7, 11) is 0. The molecule has 138 valence electrons. The summed E-state index contributed by atoms with van der Waals surface area (Å²) in [5.41, 5.74) is -0.883. The minimum atomic E-state index is -1.34. The number of rotatable bonds is 5. The van der Waals surface area contributed by atoms with Crippen molar-refractivity contribution in [2.45, 2.75) is 18.3 Å². The summed E-state index contributed by atoms with van der Waals surface area (Å²) in [6.07, 6.45) is 0. The topological polar surface area (TPSA) is 113 Å². The van der Waals surface area contributed by atoms with Crippen LogP contribution in [0.5, 0.6) is 0 Å². The van der Waals surface area contributed by atoms with Gasteiger partial charge in [0, 0.05) is 24.8 Å². The third-order valence-corrected chi connectivity index (χ3v) is 6.06. The molecule has 8 nitrogen and oxygen atoms in total. The molecule has 2 saturated heterocycles. The van der Waals surface area contributed by atoms with Gasteiger partial charge in [-0.2, -0.15) is 0 Å². The Morgan fingerprint density at radius 1 is 1.35 bits per heavy atom. The normalized spacial score (nSPS) is 27.1. The molecule has 0 aliphatic carbocycles. The number of thioether (sulfide) groups is 1. The molecule has 0 bridgehead atoms. The number of esters is 1. The second-order valence-corrected chi connectivity index (χ2v) is 7.46. The zero-order valence-corrected chi connectivity index (χ0v) is 14.8. The lowest BCUT2D eigenvalue weighted by Crippen LogP contribution is -2.74. The number of carbonyl (C=O) groups is 4. The first-order valence-electron chi connectivity index (χ1n) is 7.99. The molecule has 0 spiro atoms. The number of carbonyl (C=O) groups excluding carboxylic acids is 3. The van der Waals surface area contributed by atoms with E-state index in [1.54, 1.807) is 30.3 Å². The Morgan fingerprint density at radius 3 is 2.65 bits per heavy atom. The van der Waals surface area contributed by atoms with Crippen molar-refractivity contribution in [3.8, 4) is 0 Å². The summed E-state index contributed by atoms with van der Waals surface area (Å²) < 4.78 is 4.90. The molecule has 2 heterocycles. The van der Waals surface area contributed by atoms with E-state index in [1.807, 2.05) is 0 Å². The number of fused-ring (bicyclic) bond motifs is 1. The maximum Gasteiger partial charge on any atom is 0.315 e. The molecule has 2 aliphatic rings. The van der Waals surface area contributed by atoms with Crippen LogP contribution >= 0.6 is 11.8 Å². The molecule has 26 heavy (non-hydrogen) atoms. The Labute approximate surface area is 153 Å². The number of amides is 2. The Morgan fingerprint density at radius 2 is 2.04 bits per heavy atom. The van der Waals surface area contributed by atoms with Crippen molar-refractivity contribution >= 4 is 35.5 Å². The molecule has 2 aliphatic heterocycles. The van der Waals surface area contributed by atoms with Crippen molar-refractivity contribution in [3.05, 3.63) is 35.9 Å².